The van der Waals surface area contributed by atoms with Crippen molar-refractivity contribution in [2.24, 2.45) is 0 Å². The van der Waals surface area contributed by atoms with Crippen LogP contribution in [0, 0.1) is 6.92 Å². The van der Waals surface area contributed by atoms with Gasteiger partial charge in [-0.25, -0.2) is 15.0 Å². The average molecular weight is 397 g/mol. The van der Waals surface area contributed by atoms with Gasteiger partial charge in [-0.1, -0.05) is 18.3 Å². The lowest BCUT2D eigenvalue weighted by molar-refractivity contribution is 0.135. The van der Waals surface area contributed by atoms with Crippen molar-refractivity contribution in [1.29, 1.82) is 0 Å². The van der Waals surface area contributed by atoms with Gasteiger partial charge in [-0.15, -0.1) is 0 Å². The first kappa shape index (κ1) is 17.9. The van der Waals surface area contributed by atoms with E-state index in [9.17, 15) is 4.79 Å². The smallest absolute Gasteiger partial charge is 0.275 e. The fourth-order valence-electron chi connectivity index (χ4n) is 4.74. The molecule has 7 nitrogen and oxygen atoms in total. The zero-order valence-corrected chi connectivity index (χ0v) is 17.1. The third-order valence-electron chi connectivity index (χ3n) is 6.04. The highest BCUT2D eigenvalue weighted by molar-refractivity contribution is 7.16. The Bertz CT molecular complexity index is 1100. The minimum atomic E-state index is -0.0859. The SMILES string of the molecule is CCc1nn2c(=O)cc(CN3CCCC4(CCc5cnc(C)nc54)C3)nc2s1. The summed E-state index contributed by atoms with van der Waals surface area (Å²) in [7, 11) is 0. The topological polar surface area (TPSA) is 76.3 Å². The van der Waals surface area contributed by atoms with Crippen LogP contribution < -0.4 is 5.56 Å². The van der Waals surface area contributed by atoms with Crippen molar-refractivity contribution < 1.29 is 0 Å². The van der Waals surface area contributed by atoms with Crippen LogP contribution in [-0.2, 0) is 24.8 Å². The summed E-state index contributed by atoms with van der Waals surface area (Å²) < 4.78 is 1.43. The minimum Gasteiger partial charge on any atom is -0.297 e. The maximum absolute atomic E-state index is 12.5. The number of hydrogen-bond donors (Lipinski definition) is 0. The Kier molecular flexibility index (Phi) is 4.28. The van der Waals surface area contributed by atoms with Crippen molar-refractivity contribution in [3.05, 3.63) is 50.4 Å². The van der Waals surface area contributed by atoms with Gasteiger partial charge in [0.05, 0.1) is 11.4 Å². The van der Waals surface area contributed by atoms with Crippen molar-refractivity contribution in [3.8, 4) is 0 Å². The van der Waals surface area contributed by atoms with Gasteiger partial charge in [-0.3, -0.25) is 9.69 Å². The fraction of sp³-hybridized carbons (Fsp3) is 0.550. The second-order valence-corrected chi connectivity index (χ2v) is 9.06. The molecule has 4 heterocycles. The molecule has 0 bridgehead atoms. The van der Waals surface area contributed by atoms with Gasteiger partial charge in [0.15, 0.2) is 0 Å². The first-order chi connectivity index (χ1) is 13.6. The molecule has 5 rings (SSSR count). The molecule has 0 amide bonds. The Balaban J connectivity index is 1.42. The number of hydrogen-bond acceptors (Lipinski definition) is 7. The maximum Gasteiger partial charge on any atom is 0.275 e. The number of likely N-dealkylation sites (tertiary alicyclic amines) is 1. The lowest BCUT2D eigenvalue weighted by atomic mass is 9.77. The van der Waals surface area contributed by atoms with E-state index in [2.05, 4.69) is 15.0 Å². The molecule has 0 N–H and O–H groups in total. The minimum absolute atomic E-state index is 0.0859. The van der Waals surface area contributed by atoms with Crippen molar-refractivity contribution in [3.63, 3.8) is 0 Å². The van der Waals surface area contributed by atoms with Crippen LogP contribution in [0.3, 0.4) is 0 Å². The Hall–Kier alpha value is -2.19. The van der Waals surface area contributed by atoms with Crippen LogP contribution in [-0.4, -0.2) is 42.6 Å². The van der Waals surface area contributed by atoms with E-state index in [1.165, 1.54) is 33.5 Å². The average Bonchev–Trinajstić information content (AvgIpc) is 3.24. The fourth-order valence-corrected chi connectivity index (χ4v) is 5.60. The standard InChI is InChI=1S/C20H24N6OS/c1-3-16-24-26-17(27)9-15(23-19(26)28-16)11-25-8-4-6-20(12-25)7-5-14-10-21-13(2)22-18(14)20/h9-10H,3-8,11-12H2,1-2H3. The van der Waals surface area contributed by atoms with Crippen LogP contribution in [0.1, 0.15) is 54.0 Å². The Morgan fingerprint density at radius 1 is 1.29 bits per heavy atom. The molecule has 146 valence electrons. The van der Waals surface area contributed by atoms with Gasteiger partial charge in [-0.2, -0.15) is 9.61 Å². The predicted molar refractivity (Wildman–Crippen MR) is 108 cm³/mol. The third-order valence-corrected chi connectivity index (χ3v) is 7.10. The second kappa shape index (κ2) is 6.70. The lowest BCUT2D eigenvalue weighted by Gasteiger charge is -2.40. The van der Waals surface area contributed by atoms with Gasteiger partial charge in [0.25, 0.3) is 5.56 Å². The highest BCUT2D eigenvalue weighted by Gasteiger charge is 2.43. The molecule has 3 aromatic heterocycles. The molecule has 1 saturated heterocycles. The van der Waals surface area contributed by atoms with Gasteiger partial charge < -0.3 is 0 Å². The summed E-state index contributed by atoms with van der Waals surface area (Å²) in [6, 6.07) is 1.64. The van der Waals surface area contributed by atoms with Crippen molar-refractivity contribution in [2.45, 2.75) is 57.9 Å². The van der Waals surface area contributed by atoms with Crippen molar-refractivity contribution >= 4 is 16.3 Å². The summed E-state index contributed by atoms with van der Waals surface area (Å²) in [5.41, 5.74) is 3.44. The molecule has 28 heavy (non-hydrogen) atoms. The first-order valence-electron chi connectivity index (χ1n) is 10.0. The predicted octanol–water partition coefficient (Wildman–Crippen LogP) is 2.29. The van der Waals surface area contributed by atoms with Crippen LogP contribution in [0.25, 0.3) is 4.96 Å². The Labute approximate surface area is 167 Å². The highest BCUT2D eigenvalue weighted by atomic mass is 32.1. The quantitative estimate of drug-likeness (QED) is 0.676. The zero-order valence-electron chi connectivity index (χ0n) is 16.3. The molecule has 1 atom stereocenters. The number of fused-ring (bicyclic) bond motifs is 3. The van der Waals surface area contributed by atoms with E-state index in [1.54, 1.807) is 6.07 Å². The van der Waals surface area contributed by atoms with Gasteiger partial charge >= 0.3 is 0 Å². The van der Waals surface area contributed by atoms with Gasteiger partial charge in [-0.05, 0) is 51.1 Å². The van der Waals surface area contributed by atoms with E-state index in [0.29, 0.717) is 11.5 Å². The Morgan fingerprint density at radius 3 is 3.04 bits per heavy atom. The summed E-state index contributed by atoms with van der Waals surface area (Å²) in [6.07, 6.45) is 7.35. The van der Waals surface area contributed by atoms with Crippen molar-refractivity contribution in [2.75, 3.05) is 13.1 Å². The monoisotopic (exact) mass is 396 g/mol. The molecule has 2 aliphatic rings. The summed E-state index contributed by atoms with van der Waals surface area (Å²) >= 11 is 1.50. The van der Waals surface area contributed by atoms with E-state index in [1.807, 2.05) is 20.0 Å². The number of nitrogens with zero attached hydrogens (tertiary/aromatic N) is 6. The molecular formula is C20H24N6OS. The molecule has 0 aromatic carbocycles. The molecule has 0 radical (unpaired) electrons. The van der Waals surface area contributed by atoms with E-state index in [4.69, 9.17) is 9.97 Å². The largest absolute Gasteiger partial charge is 0.297 e. The zero-order chi connectivity index (χ0) is 19.3. The van der Waals surface area contributed by atoms with E-state index >= 15 is 0 Å². The summed E-state index contributed by atoms with van der Waals surface area (Å²) in [4.78, 5) is 29.5. The molecule has 3 aromatic rings. The molecule has 0 saturated carbocycles. The molecule has 1 aliphatic heterocycles. The van der Waals surface area contributed by atoms with Crippen LogP contribution in [0.5, 0.6) is 0 Å². The normalized spacial score (nSPS) is 22.2. The third kappa shape index (κ3) is 2.95. The summed E-state index contributed by atoms with van der Waals surface area (Å²) in [6.45, 7) is 6.72. The van der Waals surface area contributed by atoms with Crippen LogP contribution >= 0.6 is 11.3 Å². The molecule has 1 unspecified atom stereocenters. The van der Waals surface area contributed by atoms with Gasteiger partial charge in [0.1, 0.15) is 10.8 Å². The Morgan fingerprint density at radius 2 is 2.18 bits per heavy atom. The highest BCUT2D eigenvalue weighted by Crippen LogP contribution is 2.44. The van der Waals surface area contributed by atoms with E-state index in [0.717, 1.165) is 55.3 Å². The lowest BCUT2D eigenvalue weighted by Crippen LogP contribution is -2.45. The van der Waals surface area contributed by atoms with Crippen LogP contribution in [0.4, 0.5) is 0 Å². The van der Waals surface area contributed by atoms with Gasteiger partial charge in [0, 0.05) is 30.8 Å². The number of aromatic nitrogens is 5. The second-order valence-electron chi connectivity index (χ2n) is 8.02. The van der Waals surface area contributed by atoms with Gasteiger partial charge in [0.2, 0.25) is 4.96 Å². The number of rotatable bonds is 3. The molecule has 1 spiro atoms. The number of aryl methyl sites for hydroxylation is 3. The van der Waals surface area contributed by atoms with E-state index < -0.39 is 0 Å². The molecule has 1 fully saturated rings. The maximum atomic E-state index is 12.5. The van der Waals surface area contributed by atoms with Crippen LogP contribution in [0.15, 0.2) is 17.1 Å². The summed E-state index contributed by atoms with van der Waals surface area (Å²) in [5, 5.41) is 5.28. The first-order valence-corrected chi connectivity index (χ1v) is 10.8. The summed E-state index contributed by atoms with van der Waals surface area (Å²) in [5.74, 6) is 0.856. The molecule has 1 aliphatic carbocycles. The van der Waals surface area contributed by atoms with E-state index in [-0.39, 0.29) is 11.0 Å². The molecular weight excluding hydrogens is 372 g/mol. The van der Waals surface area contributed by atoms with Crippen molar-refractivity contribution in [1.82, 2.24) is 29.5 Å². The molecule has 8 heteroatoms. The number of piperidine rings is 1. The van der Waals surface area contributed by atoms with Crippen LogP contribution in [0.2, 0.25) is 0 Å².